The largest absolute Gasteiger partial charge is 0.457 e. The van der Waals surface area contributed by atoms with Crippen LogP contribution in [0.3, 0.4) is 0 Å². The lowest BCUT2D eigenvalue weighted by atomic mass is 9.77. The molecule has 2 aliphatic carbocycles. The third kappa shape index (κ3) is 2.56. The van der Waals surface area contributed by atoms with E-state index >= 15 is 0 Å². The molecule has 0 unspecified atom stereocenters. The fraction of sp³-hybridized carbons (Fsp3) is 0.333. The number of ether oxygens (including phenoxy) is 5. The molecule has 0 N–H and O–H groups in total. The molecule has 9 heteroatoms. The van der Waals surface area contributed by atoms with Gasteiger partial charge < -0.3 is 18.9 Å². The van der Waals surface area contributed by atoms with Gasteiger partial charge >= 0.3 is 11.9 Å². The number of hydrogen-bond acceptors (Lipinski definition) is 9. The standard InChI is InChI=1S/C24H18O9/c1-11(25)29-16-6-7-18-22-20(16)14(27)8-9-23(22)31-17-5-3-4-13-15(28)10-19(30-12(2)26)24(32-18,33-23)21(13)17/h3-7,19H,8-10H2,1-2H3/t19-,23-,24-/m1/s1. The Morgan fingerprint density at radius 2 is 1.76 bits per heavy atom. The molecule has 168 valence electrons. The molecule has 9 nitrogen and oxygen atoms in total. The third-order valence-electron chi connectivity index (χ3n) is 6.35. The maximum Gasteiger partial charge on any atom is 0.308 e. The van der Waals surface area contributed by atoms with Crippen LogP contribution in [0.5, 0.6) is 17.2 Å². The Hall–Kier alpha value is -3.72. The summed E-state index contributed by atoms with van der Waals surface area (Å²) in [5.41, 5.74) is 1.18. The molecule has 2 heterocycles. The van der Waals surface area contributed by atoms with E-state index in [4.69, 9.17) is 23.7 Å². The van der Waals surface area contributed by atoms with E-state index in [1.165, 1.54) is 19.9 Å². The zero-order valence-electron chi connectivity index (χ0n) is 17.8. The zero-order chi connectivity index (χ0) is 23.1. The normalized spacial score (nSPS) is 28.0. The highest BCUT2D eigenvalue weighted by Crippen LogP contribution is 2.62. The van der Waals surface area contributed by atoms with Crippen molar-refractivity contribution in [2.45, 2.75) is 50.8 Å². The summed E-state index contributed by atoms with van der Waals surface area (Å²) in [6.45, 7) is 2.49. The molecule has 4 aliphatic rings. The second-order valence-corrected chi connectivity index (χ2v) is 8.46. The van der Waals surface area contributed by atoms with Gasteiger partial charge in [-0.3, -0.25) is 23.9 Å². The van der Waals surface area contributed by atoms with Gasteiger partial charge in [0.1, 0.15) is 17.2 Å². The SMILES string of the molecule is CC(=O)Oc1ccc2c3c1C(=O)CC[C@]31Oc3cccc4c3[C@](O2)(O1)[C@H](OC(C)=O)CC4=O. The van der Waals surface area contributed by atoms with Crippen LogP contribution in [0.2, 0.25) is 0 Å². The first-order chi connectivity index (χ1) is 15.7. The van der Waals surface area contributed by atoms with Crippen LogP contribution in [-0.4, -0.2) is 29.6 Å². The number of rotatable bonds is 2. The molecule has 6 rings (SSSR count). The van der Waals surface area contributed by atoms with Crippen LogP contribution >= 0.6 is 0 Å². The molecule has 2 aliphatic heterocycles. The van der Waals surface area contributed by atoms with Crippen molar-refractivity contribution in [3.8, 4) is 17.2 Å². The quantitative estimate of drug-likeness (QED) is 0.503. The Morgan fingerprint density at radius 3 is 2.52 bits per heavy atom. The second kappa shape index (κ2) is 6.41. The molecule has 0 fully saturated rings. The summed E-state index contributed by atoms with van der Waals surface area (Å²) in [7, 11) is 0. The fourth-order valence-corrected chi connectivity index (χ4v) is 5.24. The second-order valence-electron chi connectivity index (χ2n) is 8.46. The van der Waals surface area contributed by atoms with Crippen LogP contribution in [0.4, 0.5) is 0 Å². The number of carbonyl (C=O) groups is 4. The minimum absolute atomic E-state index is 0.0625. The van der Waals surface area contributed by atoms with E-state index in [9.17, 15) is 19.2 Å². The summed E-state index contributed by atoms with van der Waals surface area (Å²) in [4.78, 5) is 49.4. The minimum atomic E-state index is -1.64. The highest BCUT2D eigenvalue weighted by molar-refractivity contribution is 6.03. The van der Waals surface area contributed by atoms with Crippen LogP contribution in [0.25, 0.3) is 0 Å². The zero-order valence-corrected chi connectivity index (χ0v) is 17.8. The van der Waals surface area contributed by atoms with Gasteiger partial charge in [-0.25, -0.2) is 0 Å². The first-order valence-corrected chi connectivity index (χ1v) is 10.6. The van der Waals surface area contributed by atoms with Crippen molar-refractivity contribution in [3.05, 3.63) is 52.6 Å². The number of Topliss-reactive ketones (excluding diaryl/α,β-unsaturated/α-hetero) is 2. The highest BCUT2D eigenvalue weighted by atomic mass is 16.8. The number of ketones is 2. The topological polar surface area (TPSA) is 114 Å². The van der Waals surface area contributed by atoms with E-state index in [-0.39, 0.29) is 47.9 Å². The Kier molecular flexibility index (Phi) is 3.87. The van der Waals surface area contributed by atoms with Crippen LogP contribution in [0, 0.1) is 0 Å². The summed E-state index contributed by atoms with van der Waals surface area (Å²) in [5, 5.41) is 0. The first-order valence-electron chi connectivity index (χ1n) is 10.6. The molecule has 0 saturated carbocycles. The molecule has 33 heavy (non-hydrogen) atoms. The predicted molar refractivity (Wildman–Crippen MR) is 108 cm³/mol. The Labute approximate surface area is 187 Å². The van der Waals surface area contributed by atoms with Crippen molar-refractivity contribution in [1.82, 2.24) is 0 Å². The molecule has 2 aromatic rings. The smallest absolute Gasteiger partial charge is 0.308 e. The highest BCUT2D eigenvalue weighted by Gasteiger charge is 2.67. The Bertz CT molecular complexity index is 1300. The number of esters is 2. The van der Waals surface area contributed by atoms with Crippen molar-refractivity contribution in [3.63, 3.8) is 0 Å². The molecule has 0 aromatic heterocycles. The summed E-state index contributed by atoms with van der Waals surface area (Å²) in [5.74, 6) is -4.04. The summed E-state index contributed by atoms with van der Waals surface area (Å²) >= 11 is 0. The lowest BCUT2D eigenvalue weighted by Crippen LogP contribution is -2.64. The molecule has 2 spiro atoms. The van der Waals surface area contributed by atoms with E-state index in [0.717, 1.165) is 0 Å². The van der Waals surface area contributed by atoms with Gasteiger partial charge in [-0.05, 0) is 18.2 Å². The third-order valence-corrected chi connectivity index (χ3v) is 6.35. The van der Waals surface area contributed by atoms with E-state index < -0.39 is 29.6 Å². The van der Waals surface area contributed by atoms with Crippen LogP contribution in [0.15, 0.2) is 30.3 Å². The maximum absolute atomic E-state index is 12.9. The van der Waals surface area contributed by atoms with Crippen molar-refractivity contribution in [1.29, 1.82) is 0 Å². The van der Waals surface area contributed by atoms with Gasteiger partial charge in [0, 0.05) is 32.3 Å². The van der Waals surface area contributed by atoms with E-state index in [0.29, 0.717) is 22.4 Å². The van der Waals surface area contributed by atoms with Gasteiger partial charge in [-0.2, -0.15) is 0 Å². The molecule has 0 amide bonds. The molecule has 0 radical (unpaired) electrons. The molecular weight excluding hydrogens is 432 g/mol. The average Bonchev–Trinajstić information content (AvgIpc) is 2.75. The molecular formula is C24H18O9. The number of benzene rings is 2. The Morgan fingerprint density at radius 1 is 0.970 bits per heavy atom. The first kappa shape index (κ1) is 19.9. The van der Waals surface area contributed by atoms with Gasteiger partial charge in [0.05, 0.1) is 23.1 Å². The molecule has 0 saturated heterocycles. The van der Waals surface area contributed by atoms with E-state index in [1.807, 2.05) is 0 Å². The van der Waals surface area contributed by atoms with Crippen LogP contribution in [0.1, 0.15) is 65.0 Å². The van der Waals surface area contributed by atoms with Gasteiger partial charge in [0.25, 0.3) is 5.79 Å². The number of carbonyl (C=O) groups excluding carboxylic acids is 4. The van der Waals surface area contributed by atoms with Gasteiger partial charge in [0.15, 0.2) is 17.7 Å². The van der Waals surface area contributed by atoms with Gasteiger partial charge in [-0.1, -0.05) is 12.1 Å². The van der Waals surface area contributed by atoms with Gasteiger partial charge in [0.2, 0.25) is 5.79 Å². The van der Waals surface area contributed by atoms with E-state index in [2.05, 4.69) is 0 Å². The van der Waals surface area contributed by atoms with Crippen LogP contribution < -0.4 is 14.2 Å². The van der Waals surface area contributed by atoms with Crippen molar-refractivity contribution >= 4 is 23.5 Å². The average molecular weight is 450 g/mol. The fourth-order valence-electron chi connectivity index (χ4n) is 5.24. The molecule has 2 bridgehead atoms. The lowest BCUT2D eigenvalue weighted by Gasteiger charge is -2.56. The van der Waals surface area contributed by atoms with Crippen LogP contribution in [-0.2, 0) is 30.6 Å². The molecule has 2 aromatic carbocycles. The summed E-state index contributed by atoms with van der Waals surface area (Å²) in [6.07, 6.45) is -0.990. The van der Waals surface area contributed by atoms with Crippen molar-refractivity contribution in [2.24, 2.45) is 0 Å². The van der Waals surface area contributed by atoms with Gasteiger partial charge in [-0.15, -0.1) is 0 Å². The molecule has 3 atom stereocenters. The van der Waals surface area contributed by atoms with Crippen molar-refractivity contribution < 1.29 is 42.9 Å². The number of hydrogen-bond donors (Lipinski definition) is 0. The Balaban J connectivity index is 1.64. The predicted octanol–water partition coefficient (Wildman–Crippen LogP) is 2.91. The lowest BCUT2D eigenvalue weighted by molar-refractivity contribution is -0.386. The minimum Gasteiger partial charge on any atom is -0.457 e. The van der Waals surface area contributed by atoms with Crippen molar-refractivity contribution in [2.75, 3.05) is 0 Å². The maximum atomic E-state index is 12.9. The summed E-state index contributed by atoms with van der Waals surface area (Å²) < 4.78 is 30.1. The monoisotopic (exact) mass is 450 g/mol. The van der Waals surface area contributed by atoms with E-state index in [1.54, 1.807) is 24.3 Å². The summed E-state index contributed by atoms with van der Waals surface area (Å²) in [6, 6.07) is 8.06.